The SMILES string of the molecule is COc1ccc(COc2ccc(C(C)=O)c(OC(CCC(=O)O)c3ccccc3)c2)cc1. The van der Waals surface area contributed by atoms with E-state index in [9.17, 15) is 9.59 Å². The third-order valence-corrected chi connectivity index (χ3v) is 4.96. The molecular weight excluding hydrogens is 408 g/mol. The molecule has 0 fully saturated rings. The number of aliphatic carboxylic acids is 1. The van der Waals surface area contributed by atoms with E-state index >= 15 is 0 Å². The van der Waals surface area contributed by atoms with Crippen molar-refractivity contribution in [3.05, 3.63) is 89.5 Å². The van der Waals surface area contributed by atoms with Crippen LogP contribution in [0.3, 0.4) is 0 Å². The Kier molecular flexibility index (Phi) is 7.86. The van der Waals surface area contributed by atoms with Crippen LogP contribution in [0.25, 0.3) is 0 Å². The minimum absolute atomic E-state index is 0.0530. The molecule has 6 nitrogen and oxygen atoms in total. The molecule has 6 heteroatoms. The molecule has 1 unspecified atom stereocenters. The fourth-order valence-corrected chi connectivity index (χ4v) is 3.24. The van der Waals surface area contributed by atoms with Crippen molar-refractivity contribution in [3.8, 4) is 17.2 Å². The predicted octanol–water partition coefficient (Wildman–Crippen LogP) is 5.46. The van der Waals surface area contributed by atoms with Crippen LogP contribution in [0.1, 0.15) is 47.4 Å². The number of methoxy groups -OCH3 is 1. The van der Waals surface area contributed by atoms with Crippen molar-refractivity contribution >= 4 is 11.8 Å². The molecule has 3 aromatic carbocycles. The van der Waals surface area contributed by atoms with Gasteiger partial charge in [-0.1, -0.05) is 42.5 Å². The van der Waals surface area contributed by atoms with Gasteiger partial charge in [-0.25, -0.2) is 0 Å². The Labute approximate surface area is 187 Å². The highest BCUT2D eigenvalue weighted by Gasteiger charge is 2.19. The molecule has 0 spiro atoms. The predicted molar refractivity (Wildman–Crippen MR) is 120 cm³/mol. The minimum Gasteiger partial charge on any atom is -0.497 e. The number of hydrogen-bond donors (Lipinski definition) is 1. The van der Waals surface area contributed by atoms with Gasteiger partial charge in [0, 0.05) is 12.5 Å². The first-order valence-electron chi connectivity index (χ1n) is 10.3. The number of ketones is 1. The van der Waals surface area contributed by atoms with E-state index in [0.29, 0.717) is 23.7 Å². The minimum atomic E-state index is -0.905. The number of carboxylic acids is 1. The number of carbonyl (C=O) groups excluding carboxylic acids is 1. The zero-order chi connectivity index (χ0) is 22.9. The van der Waals surface area contributed by atoms with Crippen LogP contribution in [-0.2, 0) is 11.4 Å². The van der Waals surface area contributed by atoms with Crippen molar-refractivity contribution < 1.29 is 28.9 Å². The highest BCUT2D eigenvalue weighted by molar-refractivity contribution is 5.97. The molecule has 0 amide bonds. The molecule has 166 valence electrons. The van der Waals surface area contributed by atoms with Gasteiger partial charge in [0.1, 0.15) is 30.0 Å². The maximum atomic E-state index is 12.2. The van der Waals surface area contributed by atoms with E-state index in [-0.39, 0.29) is 18.6 Å². The zero-order valence-electron chi connectivity index (χ0n) is 18.1. The second kappa shape index (κ2) is 11.0. The van der Waals surface area contributed by atoms with Gasteiger partial charge in [0.05, 0.1) is 12.7 Å². The summed E-state index contributed by atoms with van der Waals surface area (Å²) in [6, 6.07) is 22.0. The van der Waals surface area contributed by atoms with Crippen molar-refractivity contribution in [1.29, 1.82) is 0 Å². The zero-order valence-corrected chi connectivity index (χ0v) is 18.1. The first kappa shape index (κ1) is 22.9. The van der Waals surface area contributed by atoms with Crippen molar-refractivity contribution in [1.82, 2.24) is 0 Å². The summed E-state index contributed by atoms with van der Waals surface area (Å²) in [5.74, 6) is 0.628. The number of carbonyl (C=O) groups is 2. The Morgan fingerprint density at radius 3 is 2.25 bits per heavy atom. The first-order chi connectivity index (χ1) is 15.5. The molecule has 0 bridgehead atoms. The number of hydrogen-bond acceptors (Lipinski definition) is 5. The molecule has 1 N–H and O–H groups in total. The van der Waals surface area contributed by atoms with E-state index in [0.717, 1.165) is 16.9 Å². The monoisotopic (exact) mass is 434 g/mol. The highest BCUT2D eigenvalue weighted by atomic mass is 16.5. The van der Waals surface area contributed by atoms with Crippen LogP contribution in [0.15, 0.2) is 72.8 Å². The van der Waals surface area contributed by atoms with Crippen molar-refractivity contribution in [2.75, 3.05) is 7.11 Å². The van der Waals surface area contributed by atoms with Gasteiger partial charge in [0.2, 0.25) is 0 Å². The number of Topliss-reactive ketones (excluding diaryl/α,β-unsaturated/α-hetero) is 1. The molecule has 32 heavy (non-hydrogen) atoms. The number of carboxylic acid groups (broad SMARTS) is 1. The van der Waals surface area contributed by atoms with Gasteiger partial charge < -0.3 is 19.3 Å². The Balaban J connectivity index is 1.81. The fraction of sp³-hybridized carbons (Fsp3) is 0.231. The van der Waals surface area contributed by atoms with Gasteiger partial charge in [-0.2, -0.15) is 0 Å². The van der Waals surface area contributed by atoms with Crippen LogP contribution in [-0.4, -0.2) is 24.0 Å². The molecule has 0 saturated carbocycles. The van der Waals surface area contributed by atoms with Gasteiger partial charge in [0.15, 0.2) is 5.78 Å². The summed E-state index contributed by atoms with van der Waals surface area (Å²) in [7, 11) is 1.61. The molecule has 0 aromatic heterocycles. The van der Waals surface area contributed by atoms with E-state index in [4.69, 9.17) is 19.3 Å². The smallest absolute Gasteiger partial charge is 0.303 e. The third-order valence-electron chi connectivity index (χ3n) is 4.96. The van der Waals surface area contributed by atoms with E-state index in [1.54, 1.807) is 25.3 Å². The standard InChI is InChI=1S/C26H26O6/c1-18(27)23-13-12-22(31-17-19-8-10-21(30-2)11-9-19)16-25(23)32-24(14-15-26(28)29)20-6-4-3-5-7-20/h3-13,16,24H,14-15,17H2,1-2H3,(H,28,29). The largest absolute Gasteiger partial charge is 0.497 e. The van der Waals surface area contributed by atoms with Gasteiger partial charge in [0.25, 0.3) is 0 Å². The topological polar surface area (TPSA) is 82.1 Å². The average molecular weight is 434 g/mol. The summed E-state index contributed by atoms with van der Waals surface area (Å²) < 4.78 is 17.3. The molecule has 3 rings (SSSR count). The lowest BCUT2D eigenvalue weighted by Crippen LogP contribution is -2.12. The number of rotatable bonds is 11. The summed E-state index contributed by atoms with van der Waals surface area (Å²) in [6.07, 6.45) is -0.293. The summed E-state index contributed by atoms with van der Waals surface area (Å²) in [4.78, 5) is 23.3. The Morgan fingerprint density at radius 1 is 0.938 bits per heavy atom. The Morgan fingerprint density at radius 2 is 1.62 bits per heavy atom. The van der Waals surface area contributed by atoms with E-state index < -0.39 is 12.1 Å². The summed E-state index contributed by atoms with van der Waals surface area (Å²) in [6.45, 7) is 1.80. The van der Waals surface area contributed by atoms with Gasteiger partial charge >= 0.3 is 5.97 Å². The normalized spacial score (nSPS) is 11.4. The lowest BCUT2D eigenvalue weighted by Gasteiger charge is -2.21. The van der Waals surface area contributed by atoms with Crippen molar-refractivity contribution in [2.24, 2.45) is 0 Å². The maximum absolute atomic E-state index is 12.2. The van der Waals surface area contributed by atoms with E-state index in [1.165, 1.54) is 6.92 Å². The summed E-state index contributed by atoms with van der Waals surface area (Å²) in [5, 5.41) is 9.14. The maximum Gasteiger partial charge on any atom is 0.303 e. The molecular formula is C26H26O6. The molecule has 1 atom stereocenters. The lowest BCUT2D eigenvalue weighted by molar-refractivity contribution is -0.137. The first-order valence-corrected chi connectivity index (χ1v) is 10.3. The van der Waals surface area contributed by atoms with Crippen molar-refractivity contribution in [3.63, 3.8) is 0 Å². The molecule has 0 saturated heterocycles. The number of ether oxygens (including phenoxy) is 3. The second-order valence-electron chi connectivity index (χ2n) is 7.30. The molecule has 0 heterocycles. The summed E-state index contributed by atoms with van der Waals surface area (Å²) in [5.41, 5.74) is 2.22. The Hall–Kier alpha value is -3.80. The van der Waals surface area contributed by atoms with Crippen LogP contribution < -0.4 is 14.2 Å². The van der Waals surface area contributed by atoms with Gasteiger partial charge in [-0.15, -0.1) is 0 Å². The second-order valence-corrected chi connectivity index (χ2v) is 7.30. The van der Waals surface area contributed by atoms with Crippen LogP contribution in [0.4, 0.5) is 0 Å². The highest BCUT2D eigenvalue weighted by Crippen LogP contribution is 2.32. The van der Waals surface area contributed by atoms with Crippen molar-refractivity contribution in [2.45, 2.75) is 32.5 Å². The van der Waals surface area contributed by atoms with Crippen LogP contribution in [0, 0.1) is 0 Å². The lowest BCUT2D eigenvalue weighted by atomic mass is 10.0. The summed E-state index contributed by atoms with van der Waals surface area (Å²) >= 11 is 0. The molecule has 0 aliphatic carbocycles. The molecule has 0 aliphatic rings. The third kappa shape index (κ3) is 6.35. The van der Waals surface area contributed by atoms with E-state index in [1.807, 2.05) is 54.6 Å². The molecule has 0 radical (unpaired) electrons. The quantitative estimate of drug-likeness (QED) is 0.404. The van der Waals surface area contributed by atoms with Crippen LogP contribution in [0.2, 0.25) is 0 Å². The fourth-order valence-electron chi connectivity index (χ4n) is 3.24. The van der Waals surface area contributed by atoms with Gasteiger partial charge in [-0.05, 0) is 48.7 Å². The average Bonchev–Trinajstić information content (AvgIpc) is 2.81. The molecule has 3 aromatic rings. The van der Waals surface area contributed by atoms with Gasteiger partial charge in [-0.3, -0.25) is 9.59 Å². The Bertz CT molecular complexity index is 1040. The van der Waals surface area contributed by atoms with E-state index in [2.05, 4.69) is 0 Å². The van der Waals surface area contributed by atoms with Crippen LogP contribution >= 0.6 is 0 Å². The molecule has 0 aliphatic heterocycles. The van der Waals surface area contributed by atoms with Crippen LogP contribution in [0.5, 0.6) is 17.2 Å². The number of benzene rings is 3.